The van der Waals surface area contributed by atoms with Crippen molar-refractivity contribution >= 4 is 11.8 Å². The van der Waals surface area contributed by atoms with Gasteiger partial charge in [-0.2, -0.15) is 0 Å². The number of hydrogen-bond acceptors (Lipinski definition) is 4. The molecule has 2 aromatic rings. The summed E-state index contributed by atoms with van der Waals surface area (Å²) in [5, 5.41) is 13.9. The van der Waals surface area contributed by atoms with Gasteiger partial charge in [0.25, 0.3) is 11.8 Å². The van der Waals surface area contributed by atoms with Crippen LogP contribution >= 0.6 is 0 Å². The molecule has 0 saturated carbocycles. The van der Waals surface area contributed by atoms with Gasteiger partial charge in [0, 0.05) is 0 Å². The first kappa shape index (κ1) is 19.1. The van der Waals surface area contributed by atoms with E-state index in [-0.39, 0.29) is 17.7 Å². The van der Waals surface area contributed by atoms with E-state index in [9.17, 15) is 23.5 Å². The zero-order chi connectivity index (χ0) is 19.4. The Balaban J connectivity index is 1.98. The molecule has 0 bridgehead atoms. The van der Waals surface area contributed by atoms with Gasteiger partial charge in [0.2, 0.25) is 0 Å². The molecule has 5 nitrogen and oxygen atoms in total. The molecule has 142 valence electrons. The topological polar surface area (TPSA) is 69.6 Å². The fourth-order valence-corrected chi connectivity index (χ4v) is 3.14. The Morgan fingerprint density at radius 1 is 0.926 bits per heavy atom. The van der Waals surface area contributed by atoms with Crippen molar-refractivity contribution in [2.75, 3.05) is 19.6 Å². The van der Waals surface area contributed by atoms with Crippen LogP contribution in [0.15, 0.2) is 48.5 Å². The molecular formula is C20H20F2N2O3. The third-order valence-corrected chi connectivity index (χ3v) is 4.69. The molecule has 2 aromatic carbocycles. The highest BCUT2D eigenvalue weighted by molar-refractivity contribution is 6.10. The van der Waals surface area contributed by atoms with Gasteiger partial charge >= 0.3 is 0 Å². The zero-order valence-electron chi connectivity index (χ0n) is 14.6. The second-order valence-electron chi connectivity index (χ2n) is 6.63. The summed E-state index contributed by atoms with van der Waals surface area (Å²) in [5.41, 5.74) is -1.92. The Hall–Kier alpha value is -2.64. The minimum absolute atomic E-state index is 0.306. The van der Waals surface area contributed by atoms with Crippen LogP contribution in [-0.2, 0) is 0 Å². The highest BCUT2D eigenvalue weighted by Gasteiger charge is 2.37. The van der Waals surface area contributed by atoms with E-state index in [1.165, 1.54) is 36.4 Å². The van der Waals surface area contributed by atoms with Gasteiger partial charge in [-0.1, -0.05) is 24.3 Å². The Bertz CT molecular complexity index is 793. The summed E-state index contributed by atoms with van der Waals surface area (Å²) >= 11 is 0. The lowest BCUT2D eigenvalue weighted by atomic mass is 9.91. The van der Waals surface area contributed by atoms with Crippen LogP contribution in [0.3, 0.4) is 0 Å². The van der Waals surface area contributed by atoms with Crippen LogP contribution in [0.2, 0.25) is 0 Å². The fourth-order valence-electron chi connectivity index (χ4n) is 3.14. The molecule has 27 heavy (non-hydrogen) atoms. The average Bonchev–Trinajstić information content (AvgIpc) is 2.66. The molecule has 1 saturated heterocycles. The van der Waals surface area contributed by atoms with Crippen molar-refractivity contribution < 1.29 is 23.5 Å². The van der Waals surface area contributed by atoms with Crippen LogP contribution in [0.25, 0.3) is 0 Å². The summed E-state index contributed by atoms with van der Waals surface area (Å²) in [6.07, 6.45) is 0.636. The molecular weight excluding hydrogens is 354 g/mol. The fraction of sp³-hybridized carbons (Fsp3) is 0.300. The van der Waals surface area contributed by atoms with Crippen LogP contribution in [-0.4, -0.2) is 47.1 Å². The van der Waals surface area contributed by atoms with E-state index >= 15 is 0 Å². The maximum atomic E-state index is 14.1. The van der Waals surface area contributed by atoms with Gasteiger partial charge in [0.15, 0.2) is 0 Å². The van der Waals surface area contributed by atoms with Gasteiger partial charge in [-0.3, -0.25) is 14.5 Å². The molecule has 0 aliphatic carbocycles. The van der Waals surface area contributed by atoms with E-state index in [0.717, 1.165) is 17.0 Å². The normalized spacial score (nSPS) is 16.0. The van der Waals surface area contributed by atoms with E-state index in [2.05, 4.69) is 5.32 Å². The largest absolute Gasteiger partial charge is 0.388 e. The van der Waals surface area contributed by atoms with Crippen molar-refractivity contribution in [1.82, 2.24) is 10.2 Å². The number of nitrogens with one attached hydrogen (secondary N) is 1. The number of imide groups is 1. The number of nitrogens with zero attached hydrogens (tertiary/aromatic N) is 1. The van der Waals surface area contributed by atoms with Gasteiger partial charge in [0.05, 0.1) is 23.3 Å². The summed E-state index contributed by atoms with van der Waals surface area (Å²) in [6, 6.07) is 10.5. The van der Waals surface area contributed by atoms with Crippen molar-refractivity contribution in [2.24, 2.45) is 0 Å². The summed E-state index contributed by atoms with van der Waals surface area (Å²) in [5.74, 6) is -3.39. The minimum Gasteiger partial charge on any atom is -0.388 e. The second-order valence-corrected chi connectivity index (χ2v) is 6.63. The smallest absolute Gasteiger partial charge is 0.263 e. The van der Waals surface area contributed by atoms with Crippen LogP contribution in [0, 0.1) is 11.6 Å². The van der Waals surface area contributed by atoms with Gasteiger partial charge in [0.1, 0.15) is 11.6 Å². The summed E-state index contributed by atoms with van der Waals surface area (Å²) in [4.78, 5) is 26.6. The number of benzene rings is 2. The molecule has 1 heterocycles. The number of amides is 2. The van der Waals surface area contributed by atoms with Gasteiger partial charge in [-0.15, -0.1) is 0 Å². The molecule has 7 heteroatoms. The lowest BCUT2D eigenvalue weighted by Crippen LogP contribution is -2.53. The number of aliphatic hydroxyl groups is 1. The zero-order valence-corrected chi connectivity index (χ0v) is 14.6. The van der Waals surface area contributed by atoms with Crippen LogP contribution in [0.4, 0.5) is 8.78 Å². The Morgan fingerprint density at radius 3 is 1.81 bits per heavy atom. The van der Waals surface area contributed by atoms with Crippen LogP contribution in [0.5, 0.6) is 0 Å². The third-order valence-electron chi connectivity index (χ3n) is 4.69. The van der Waals surface area contributed by atoms with Gasteiger partial charge in [-0.05, 0) is 50.2 Å². The summed E-state index contributed by atoms with van der Waals surface area (Å²) < 4.78 is 28.2. The first-order valence-electron chi connectivity index (χ1n) is 8.70. The SMILES string of the molecule is O=C(c1ccccc1F)N(CC1(O)CCNCC1)C(=O)c1ccccc1F. The molecule has 1 aliphatic rings. The van der Waals surface area contributed by atoms with E-state index in [4.69, 9.17) is 0 Å². The standard InChI is InChI=1S/C20H20F2N2O3/c21-16-7-3-1-5-14(16)18(25)24(13-20(27)9-11-23-12-10-20)19(26)15-6-2-4-8-17(15)22/h1-8,23,27H,9-13H2. The third kappa shape index (κ3) is 4.20. The van der Waals surface area contributed by atoms with E-state index in [1.807, 2.05) is 0 Å². The van der Waals surface area contributed by atoms with E-state index < -0.39 is 29.0 Å². The molecule has 2 N–H and O–H groups in total. The first-order chi connectivity index (χ1) is 12.9. The average molecular weight is 374 g/mol. The number of halogens is 2. The second kappa shape index (κ2) is 7.94. The van der Waals surface area contributed by atoms with Crippen molar-refractivity contribution in [1.29, 1.82) is 0 Å². The molecule has 1 aliphatic heterocycles. The molecule has 0 atom stereocenters. The molecule has 0 aromatic heterocycles. The molecule has 0 unspecified atom stereocenters. The number of hydrogen-bond donors (Lipinski definition) is 2. The number of carbonyl (C=O) groups excluding carboxylic acids is 2. The van der Waals surface area contributed by atoms with Crippen molar-refractivity contribution in [3.8, 4) is 0 Å². The number of piperidine rings is 1. The van der Waals surface area contributed by atoms with E-state index in [1.54, 1.807) is 0 Å². The van der Waals surface area contributed by atoms with Crippen LogP contribution in [0.1, 0.15) is 33.6 Å². The molecule has 0 spiro atoms. The van der Waals surface area contributed by atoms with E-state index in [0.29, 0.717) is 25.9 Å². The lowest BCUT2D eigenvalue weighted by molar-refractivity contribution is -0.0144. The highest BCUT2D eigenvalue weighted by Crippen LogP contribution is 2.23. The van der Waals surface area contributed by atoms with Crippen molar-refractivity contribution in [2.45, 2.75) is 18.4 Å². The number of rotatable bonds is 4. The first-order valence-corrected chi connectivity index (χ1v) is 8.70. The minimum atomic E-state index is -1.31. The van der Waals surface area contributed by atoms with Crippen LogP contribution < -0.4 is 5.32 Å². The summed E-state index contributed by atoms with van der Waals surface area (Å²) in [6.45, 7) is 0.702. The Labute approximate surface area is 155 Å². The molecule has 3 rings (SSSR count). The Kier molecular flexibility index (Phi) is 5.62. The van der Waals surface area contributed by atoms with Crippen molar-refractivity contribution in [3.05, 3.63) is 71.3 Å². The quantitative estimate of drug-likeness (QED) is 0.807. The maximum absolute atomic E-state index is 14.1. The summed E-state index contributed by atoms with van der Waals surface area (Å²) in [7, 11) is 0. The lowest BCUT2D eigenvalue weighted by Gasteiger charge is -2.36. The maximum Gasteiger partial charge on any atom is 0.263 e. The van der Waals surface area contributed by atoms with Crippen molar-refractivity contribution in [3.63, 3.8) is 0 Å². The molecule has 1 fully saturated rings. The molecule has 2 amide bonds. The van der Waals surface area contributed by atoms with Gasteiger partial charge < -0.3 is 10.4 Å². The molecule has 0 radical (unpaired) electrons. The highest BCUT2D eigenvalue weighted by atomic mass is 19.1. The monoisotopic (exact) mass is 374 g/mol. The number of carbonyl (C=O) groups is 2. The predicted octanol–water partition coefficient (Wildman–Crippen LogP) is 2.36. The van der Waals surface area contributed by atoms with Gasteiger partial charge in [-0.25, -0.2) is 8.78 Å². The predicted molar refractivity (Wildman–Crippen MR) is 95.2 cm³/mol. The Morgan fingerprint density at radius 2 is 1.37 bits per heavy atom.